The molecule has 1 aromatic rings. The van der Waals surface area contributed by atoms with E-state index in [-0.39, 0.29) is 5.91 Å². The van der Waals surface area contributed by atoms with E-state index in [2.05, 4.69) is 17.5 Å². The van der Waals surface area contributed by atoms with E-state index in [1.165, 1.54) is 0 Å². The Kier molecular flexibility index (Phi) is 7.63. The van der Waals surface area contributed by atoms with Crippen LogP contribution in [-0.4, -0.2) is 11.6 Å². The largest absolute Gasteiger partial charge is 0.273 e. The molecular weight excluding hydrogens is 295 g/mol. The first-order valence-corrected chi connectivity index (χ1v) is 7.64. The number of halogens is 2. The maximum absolute atomic E-state index is 11.6. The molecule has 1 N–H and O–H groups in total. The van der Waals surface area contributed by atoms with Crippen LogP contribution in [0.25, 0.3) is 0 Å². The predicted molar refractivity (Wildman–Crippen MR) is 85.6 cm³/mol. The van der Waals surface area contributed by atoms with Crippen LogP contribution in [0.5, 0.6) is 0 Å². The summed E-state index contributed by atoms with van der Waals surface area (Å²) in [5, 5.41) is 5.29. The summed E-state index contributed by atoms with van der Waals surface area (Å²) in [6, 6.07) is 5.25. The lowest BCUT2D eigenvalue weighted by Gasteiger charge is -2.07. The third-order valence-corrected chi connectivity index (χ3v) is 3.45. The molecular formula is C15H20Cl2N2O. The molecule has 0 radical (unpaired) electrons. The van der Waals surface area contributed by atoms with Crippen LogP contribution in [-0.2, 0) is 4.79 Å². The molecule has 0 spiro atoms. The van der Waals surface area contributed by atoms with Gasteiger partial charge in [-0.05, 0) is 25.0 Å². The minimum atomic E-state index is -0.0607. The summed E-state index contributed by atoms with van der Waals surface area (Å²) in [5.74, 6) is -0.0607. The van der Waals surface area contributed by atoms with Gasteiger partial charge < -0.3 is 0 Å². The van der Waals surface area contributed by atoms with E-state index in [1.807, 2.05) is 13.0 Å². The van der Waals surface area contributed by atoms with Crippen molar-refractivity contribution in [2.75, 3.05) is 0 Å². The van der Waals surface area contributed by atoms with E-state index in [9.17, 15) is 4.79 Å². The van der Waals surface area contributed by atoms with Crippen molar-refractivity contribution in [1.82, 2.24) is 5.43 Å². The molecule has 0 saturated heterocycles. The Morgan fingerprint density at radius 3 is 2.60 bits per heavy atom. The molecule has 0 aromatic heterocycles. The Labute approximate surface area is 130 Å². The average molecular weight is 315 g/mol. The van der Waals surface area contributed by atoms with Crippen molar-refractivity contribution in [1.29, 1.82) is 0 Å². The van der Waals surface area contributed by atoms with Crippen molar-refractivity contribution < 1.29 is 4.79 Å². The third kappa shape index (κ3) is 5.51. The summed E-state index contributed by atoms with van der Waals surface area (Å²) in [7, 11) is 0. The molecule has 0 fully saturated rings. The van der Waals surface area contributed by atoms with E-state index < -0.39 is 0 Å². The quantitative estimate of drug-likeness (QED) is 0.438. The highest BCUT2D eigenvalue weighted by Crippen LogP contribution is 2.22. The zero-order valence-electron chi connectivity index (χ0n) is 11.9. The highest BCUT2D eigenvalue weighted by molar-refractivity contribution is 6.37. The van der Waals surface area contributed by atoms with Crippen LogP contribution in [0, 0.1) is 0 Å². The van der Waals surface area contributed by atoms with Gasteiger partial charge in [0.25, 0.3) is 0 Å². The fraction of sp³-hybridized carbons (Fsp3) is 0.467. The predicted octanol–water partition coefficient (Wildman–Crippen LogP) is 4.80. The zero-order chi connectivity index (χ0) is 15.0. The van der Waals surface area contributed by atoms with Gasteiger partial charge in [-0.2, -0.15) is 5.10 Å². The summed E-state index contributed by atoms with van der Waals surface area (Å²) >= 11 is 12.0. The second kappa shape index (κ2) is 8.98. The van der Waals surface area contributed by atoms with E-state index in [0.717, 1.165) is 30.5 Å². The Hall–Kier alpha value is -1.06. The van der Waals surface area contributed by atoms with E-state index >= 15 is 0 Å². The summed E-state index contributed by atoms with van der Waals surface area (Å²) in [6.07, 6.45) is 4.22. The standard InChI is InChI=1S/C15H20Cl2N2O/c1-3-5-6-7-15(20)19-18-14(4-2)12-9-8-11(16)10-13(12)17/h8-10H,3-7H2,1-2H3,(H,19,20). The van der Waals surface area contributed by atoms with Crippen LogP contribution in [0.3, 0.4) is 0 Å². The SMILES string of the molecule is CCCCCC(=O)NN=C(CC)c1ccc(Cl)cc1Cl. The summed E-state index contributed by atoms with van der Waals surface area (Å²) in [5.41, 5.74) is 4.13. The minimum absolute atomic E-state index is 0.0607. The summed E-state index contributed by atoms with van der Waals surface area (Å²) < 4.78 is 0. The highest BCUT2D eigenvalue weighted by Gasteiger charge is 2.08. The Morgan fingerprint density at radius 1 is 1.25 bits per heavy atom. The number of nitrogens with zero attached hydrogens (tertiary/aromatic N) is 1. The second-order valence-electron chi connectivity index (χ2n) is 4.53. The fourth-order valence-electron chi connectivity index (χ4n) is 1.77. The number of benzene rings is 1. The summed E-state index contributed by atoms with van der Waals surface area (Å²) in [6.45, 7) is 4.07. The monoisotopic (exact) mass is 314 g/mol. The van der Waals surface area contributed by atoms with E-state index in [0.29, 0.717) is 22.9 Å². The molecule has 0 unspecified atom stereocenters. The molecule has 1 rings (SSSR count). The van der Waals surface area contributed by atoms with Gasteiger partial charge in [0.2, 0.25) is 5.91 Å². The van der Waals surface area contributed by atoms with Crippen LogP contribution < -0.4 is 5.43 Å². The summed E-state index contributed by atoms with van der Waals surface area (Å²) in [4.78, 5) is 11.6. The maximum Gasteiger partial charge on any atom is 0.240 e. The highest BCUT2D eigenvalue weighted by atomic mass is 35.5. The number of unbranched alkanes of at least 4 members (excludes halogenated alkanes) is 2. The van der Waals surface area contributed by atoms with Gasteiger partial charge in [-0.25, -0.2) is 5.43 Å². The molecule has 5 heteroatoms. The minimum Gasteiger partial charge on any atom is -0.273 e. The smallest absolute Gasteiger partial charge is 0.240 e. The molecule has 0 atom stereocenters. The number of hydrazone groups is 1. The number of hydrogen-bond acceptors (Lipinski definition) is 2. The number of rotatable bonds is 7. The maximum atomic E-state index is 11.6. The molecule has 1 amide bonds. The lowest BCUT2D eigenvalue weighted by Crippen LogP contribution is -2.19. The molecule has 0 aliphatic rings. The molecule has 3 nitrogen and oxygen atoms in total. The number of hydrogen-bond donors (Lipinski definition) is 1. The fourth-order valence-corrected chi connectivity index (χ4v) is 2.29. The average Bonchev–Trinajstić information content (AvgIpc) is 2.41. The third-order valence-electron chi connectivity index (χ3n) is 2.90. The van der Waals surface area contributed by atoms with Crippen LogP contribution >= 0.6 is 23.2 Å². The van der Waals surface area contributed by atoms with Crippen molar-refractivity contribution in [3.63, 3.8) is 0 Å². The van der Waals surface area contributed by atoms with E-state index in [4.69, 9.17) is 23.2 Å². The molecule has 110 valence electrons. The molecule has 0 saturated carbocycles. The topological polar surface area (TPSA) is 41.5 Å². The van der Waals surface area contributed by atoms with Crippen molar-refractivity contribution in [2.45, 2.75) is 46.0 Å². The second-order valence-corrected chi connectivity index (χ2v) is 5.37. The number of amides is 1. The number of carbonyl (C=O) groups is 1. The Bertz CT molecular complexity index is 487. The van der Waals surface area contributed by atoms with Crippen LogP contribution in [0.4, 0.5) is 0 Å². The van der Waals surface area contributed by atoms with Gasteiger partial charge in [0, 0.05) is 17.0 Å². The molecule has 0 heterocycles. The van der Waals surface area contributed by atoms with Gasteiger partial charge in [-0.3, -0.25) is 4.79 Å². The zero-order valence-corrected chi connectivity index (χ0v) is 13.4. The molecule has 1 aromatic carbocycles. The molecule has 20 heavy (non-hydrogen) atoms. The van der Waals surface area contributed by atoms with Gasteiger partial charge in [0.1, 0.15) is 0 Å². The van der Waals surface area contributed by atoms with Crippen LogP contribution in [0.2, 0.25) is 10.0 Å². The van der Waals surface area contributed by atoms with Gasteiger partial charge in [0.05, 0.1) is 10.7 Å². The van der Waals surface area contributed by atoms with Crippen molar-refractivity contribution >= 4 is 34.8 Å². The van der Waals surface area contributed by atoms with Gasteiger partial charge in [-0.15, -0.1) is 0 Å². The molecule has 0 aliphatic carbocycles. The first-order valence-electron chi connectivity index (χ1n) is 6.89. The first-order chi connectivity index (χ1) is 9.58. The first kappa shape index (κ1) is 17.0. The molecule has 0 bridgehead atoms. The lowest BCUT2D eigenvalue weighted by molar-refractivity contribution is -0.121. The lowest BCUT2D eigenvalue weighted by atomic mass is 10.1. The Morgan fingerprint density at radius 2 is 2.00 bits per heavy atom. The van der Waals surface area contributed by atoms with Crippen LogP contribution in [0.1, 0.15) is 51.5 Å². The van der Waals surface area contributed by atoms with Gasteiger partial charge in [0.15, 0.2) is 0 Å². The van der Waals surface area contributed by atoms with E-state index in [1.54, 1.807) is 12.1 Å². The van der Waals surface area contributed by atoms with Crippen LogP contribution in [0.15, 0.2) is 23.3 Å². The number of carbonyl (C=O) groups excluding carboxylic acids is 1. The molecule has 0 aliphatic heterocycles. The normalized spacial score (nSPS) is 11.5. The van der Waals surface area contributed by atoms with Crippen molar-refractivity contribution in [2.24, 2.45) is 5.10 Å². The van der Waals surface area contributed by atoms with Gasteiger partial charge >= 0.3 is 0 Å². The Balaban J connectivity index is 2.70. The number of nitrogens with one attached hydrogen (secondary N) is 1. The van der Waals surface area contributed by atoms with Crippen molar-refractivity contribution in [3.8, 4) is 0 Å². The van der Waals surface area contributed by atoms with Gasteiger partial charge in [-0.1, -0.05) is 56.0 Å². The van der Waals surface area contributed by atoms with Crippen molar-refractivity contribution in [3.05, 3.63) is 33.8 Å².